The summed E-state index contributed by atoms with van der Waals surface area (Å²) in [4.78, 5) is 10.5. The van der Waals surface area contributed by atoms with Gasteiger partial charge in [0.25, 0.3) is 0 Å². The van der Waals surface area contributed by atoms with Gasteiger partial charge in [0.15, 0.2) is 0 Å². The fourth-order valence-corrected chi connectivity index (χ4v) is 5.10. The molecule has 2 saturated carbocycles. The molecule has 0 radical (unpaired) electrons. The molecule has 2 N–H and O–H groups in total. The number of halogens is 2. The number of hydrogen-bond acceptors (Lipinski definition) is 3. The van der Waals surface area contributed by atoms with E-state index >= 15 is 0 Å². The zero-order valence-corrected chi connectivity index (χ0v) is 15.2. The largest absolute Gasteiger partial charge is 0.481 e. The number of ether oxygens (including phenoxy) is 1. The Morgan fingerprint density at radius 3 is 2.68 bits per heavy atom. The Labute approximate surface area is 148 Å². The molecule has 0 saturated heterocycles. The van der Waals surface area contributed by atoms with Crippen molar-refractivity contribution < 1.29 is 28.5 Å². The number of fused-ring (bicyclic) bond motifs is 1. The van der Waals surface area contributed by atoms with Crippen molar-refractivity contribution in [2.75, 3.05) is 7.11 Å². The van der Waals surface area contributed by atoms with Crippen molar-refractivity contribution in [2.45, 2.75) is 82.8 Å². The molecule has 0 aromatic carbocycles. The second-order valence-electron chi connectivity index (χ2n) is 8.06. The first-order valence-corrected chi connectivity index (χ1v) is 9.52. The van der Waals surface area contributed by atoms with Crippen LogP contribution in [0, 0.1) is 23.7 Å². The molecule has 25 heavy (non-hydrogen) atoms. The van der Waals surface area contributed by atoms with Gasteiger partial charge in [-0.3, -0.25) is 4.79 Å². The van der Waals surface area contributed by atoms with Crippen molar-refractivity contribution in [2.24, 2.45) is 23.7 Å². The zero-order valence-electron chi connectivity index (χ0n) is 15.2. The Kier molecular flexibility index (Phi) is 7.62. The molecule has 0 spiro atoms. The average Bonchev–Trinajstić information content (AvgIpc) is 2.52. The molecule has 2 fully saturated rings. The number of rotatable bonds is 8. The summed E-state index contributed by atoms with van der Waals surface area (Å²) in [5.41, 5.74) is 0. The first kappa shape index (κ1) is 20.6. The number of aliphatic carboxylic acids is 1. The van der Waals surface area contributed by atoms with Crippen molar-refractivity contribution in [3.8, 4) is 0 Å². The minimum atomic E-state index is -1.52. The topological polar surface area (TPSA) is 66.8 Å². The van der Waals surface area contributed by atoms with Crippen LogP contribution in [-0.4, -0.2) is 47.8 Å². The molecule has 0 heterocycles. The SMILES string of the molecule is CO[C@H]1C[C@H](F)CC2CC[C@H](C)[C@H](CC[C@@H](O)C[C@H](F)CC(=O)O)C21. The fourth-order valence-electron chi connectivity index (χ4n) is 5.10. The van der Waals surface area contributed by atoms with Gasteiger partial charge in [0.2, 0.25) is 0 Å². The summed E-state index contributed by atoms with van der Waals surface area (Å²) in [6.07, 6.45) is 0.384. The van der Waals surface area contributed by atoms with Crippen LogP contribution in [0.2, 0.25) is 0 Å². The minimum absolute atomic E-state index is 0.0837. The predicted molar refractivity (Wildman–Crippen MR) is 90.8 cm³/mol. The number of hydrogen-bond donors (Lipinski definition) is 2. The van der Waals surface area contributed by atoms with E-state index in [1.54, 1.807) is 7.11 Å². The Hall–Kier alpha value is -0.750. The van der Waals surface area contributed by atoms with Crippen LogP contribution in [-0.2, 0) is 9.53 Å². The summed E-state index contributed by atoms with van der Waals surface area (Å²) < 4.78 is 33.1. The number of alkyl halides is 2. The molecule has 6 heteroatoms. The van der Waals surface area contributed by atoms with Gasteiger partial charge >= 0.3 is 5.97 Å². The number of methoxy groups -OCH3 is 1. The van der Waals surface area contributed by atoms with Crippen LogP contribution >= 0.6 is 0 Å². The van der Waals surface area contributed by atoms with Crippen molar-refractivity contribution in [3.63, 3.8) is 0 Å². The lowest BCUT2D eigenvalue weighted by Crippen LogP contribution is -2.47. The van der Waals surface area contributed by atoms with E-state index in [-0.39, 0.29) is 12.5 Å². The summed E-state index contributed by atoms with van der Waals surface area (Å²) >= 11 is 0. The Bertz CT molecular complexity index is 426. The van der Waals surface area contributed by atoms with Gasteiger partial charge in [-0.25, -0.2) is 8.78 Å². The Balaban J connectivity index is 1.92. The highest BCUT2D eigenvalue weighted by Gasteiger charge is 2.46. The molecule has 0 aromatic heterocycles. The van der Waals surface area contributed by atoms with Gasteiger partial charge in [0.1, 0.15) is 12.3 Å². The molecule has 2 rings (SSSR count). The van der Waals surface area contributed by atoms with E-state index in [2.05, 4.69) is 6.92 Å². The van der Waals surface area contributed by atoms with E-state index in [0.717, 1.165) is 19.3 Å². The fraction of sp³-hybridized carbons (Fsp3) is 0.947. The maximum absolute atomic E-state index is 14.0. The van der Waals surface area contributed by atoms with Crippen molar-refractivity contribution in [3.05, 3.63) is 0 Å². The molecular formula is C19H32F2O4. The van der Waals surface area contributed by atoms with Gasteiger partial charge in [-0.15, -0.1) is 0 Å². The van der Waals surface area contributed by atoms with Gasteiger partial charge in [0.05, 0.1) is 18.6 Å². The van der Waals surface area contributed by atoms with E-state index < -0.39 is 30.8 Å². The molecule has 2 unspecified atom stereocenters. The van der Waals surface area contributed by atoms with Crippen LogP contribution in [0.1, 0.15) is 58.3 Å². The Morgan fingerprint density at radius 2 is 2.04 bits per heavy atom. The molecule has 0 bridgehead atoms. The molecule has 0 aromatic rings. The number of aliphatic hydroxyl groups excluding tert-OH is 1. The van der Waals surface area contributed by atoms with E-state index in [4.69, 9.17) is 9.84 Å². The van der Waals surface area contributed by atoms with Crippen LogP contribution in [0.3, 0.4) is 0 Å². The third-order valence-corrected chi connectivity index (χ3v) is 6.30. The summed E-state index contributed by atoms with van der Waals surface area (Å²) in [7, 11) is 1.64. The van der Waals surface area contributed by atoms with E-state index in [9.17, 15) is 18.7 Å². The van der Waals surface area contributed by atoms with Crippen LogP contribution in [0.25, 0.3) is 0 Å². The number of carbonyl (C=O) groups is 1. The quantitative estimate of drug-likeness (QED) is 0.690. The van der Waals surface area contributed by atoms with E-state index in [1.165, 1.54) is 0 Å². The second kappa shape index (κ2) is 9.26. The van der Waals surface area contributed by atoms with Crippen molar-refractivity contribution in [1.29, 1.82) is 0 Å². The van der Waals surface area contributed by atoms with Crippen molar-refractivity contribution >= 4 is 5.97 Å². The lowest BCUT2D eigenvalue weighted by atomic mass is 9.59. The summed E-state index contributed by atoms with van der Waals surface area (Å²) in [5, 5.41) is 18.7. The number of carboxylic acids is 1. The number of aliphatic hydroxyl groups is 1. The van der Waals surface area contributed by atoms with Gasteiger partial charge < -0.3 is 14.9 Å². The highest BCUT2D eigenvalue weighted by atomic mass is 19.1. The molecular weight excluding hydrogens is 330 g/mol. The van der Waals surface area contributed by atoms with Crippen LogP contribution in [0.15, 0.2) is 0 Å². The van der Waals surface area contributed by atoms with E-state index in [1.807, 2.05) is 0 Å². The molecule has 0 aliphatic heterocycles. The Morgan fingerprint density at radius 1 is 1.32 bits per heavy atom. The minimum Gasteiger partial charge on any atom is -0.481 e. The van der Waals surface area contributed by atoms with Gasteiger partial charge in [0, 0.05) is 20.0 Å². The van der Waals surface area contributed by atoms with Crippen LogP contribution in [0.5, 0.6) is 0 Å². The van der Waals surface area contributed by atoms with Gasteiger partial charge in [-0.2, -0.15) is 0 Å². The lowest BCUT2D eigenvalue weighted by molar-refractivity contribution is -0.138. The first-order valence-electron chi connectivity index (χ1n) is 9.52. The van der Waals surface area contributed by atoms with E-state index in [0.29, 0.717) is 42.9 Å². The van der Waals surface area contributed by atoms with Crippen LogP contribution < -0.4 is 0 Å². The third-order valence-electron chi connectivity index (χ3n) is 6.30. The standard InChI is InChI=1S/C19H32F2O4/c1-11-3-4-12-7-13(20)9-17(25-2)19(12)16(11)6-5-15(22)8-14(21)10-18(23)24/h11-17,19,22H,3-10H2,1-2H3,(H,23,24)/t11-,12?,13+,14-,15+,16-,17-,19?/m0/s1. The normalized spacial score (nSPS) is 38.0. The molecule has 146 valence electrons. The van der Waals surface area contributed by atoms with Crippen molar-refractivity contribution in [1.82, 2.24) is 0 Å². The monoisotopic (exact) mass is 362 g/mol. The van der Waals surface area contributed by atoms with Gasteiger partial charge in [-0.1, -0.05) is 13.3 Å². The third kappa shape index (κ3) is 5.61. The number of carboxylic acid groups (broad SMARTS) is 1. The van der Waals surface area contributed by atoms with Crippen LogP contribution in [0.4, 0.5) is 8.78 Å². The molecule has 4 nitrogen and oxygen atoms in total. The smallest absolute Gasteiger partial charge is 0.306 e. The molecule has 2 aliphatic rings. The predicted octanol–water partition coefficient (Wildman–Crippen LogP) is 3.76. The first-order chi connectivity index (χ1) is 11.8. The van der Waals surface area contributed by atoms with Gasteiger partial charge in [-0.05, 0) is 49.4 Å². The highest BCUT2D eigenvalue weighted by Crippen LogP contribution is 2.49. The highest BCUT2D eigenvalue weighted by molar-refractivity contribution is 5.67. The molecule has 0 amide bonds. The summed E-state index contributed by atoms with van der Waals surface area (Å²) in [5.74, 6) is 0.251. The summed E-state index contributed by atoms with van der Waals surface area (Å²) in [6.45, 7) is 2.20. The molecule has 8 atom stereocenters. The second-order valence-corrected chi connectivity index (χ2v) is 8.06. The average molecular weight is 362 g/mol. The lowest BCUT2D eigenvalue weighted by Gasteiger charge is -2.49. The molecule has 2 aliphatic carbocycles. The zero-order chi connectivity index (χ0) is 18.6. The maximum atomic E-state index is 14.0. The maximum Gasteiger partial charge on any atom is 0.306 e. The summed E-state index contributed by atoms with van der Waals surface area (Å²) in [6, 6.07) is 0.